The molecule has 1 fully saturated rings. The Kier molecular flexibility index (Phi) is 4.69. The van der Waals surface area contributed by atoms with E-state index in [-0.39, 0.29) is 23.0 Å². The van der Waals surface area contributed by atoms with Crippen LogP contribution in [-0.4, -0.2) is 64.9 Å². The van der Waals surface area contributed by atoms with Crippen molar-refractivity contribution in [2.24, 2.45) is 0 Å². The van der Waals surface area contributed by atoms with Gasteiger partial charge in [-0.15, -0.1) is 0 Å². The number of hydrogen-bond donors (Lipinski definition) is 5. The van der Waals surface area contributed by atoms with Crippen LogP contribution in [0.15, 0.2) is 36.7 Å². The van der Waals surface area contributed by atoms with E-state index in [1.807, 2.05) is 6.07 Å². The number of nitrogen functional groups attached to an aromatic ring is 1. The molecule has 2 aromatic heterocycles. The lowest BCUT2D eigenvalue weighted by molar-refractivity contribution is -0.0511. The van der Waals surface area contributed by atoms with Crippen molar-refractivity contribution in [1.82, 2.24) is 19.5 Å². The van der Waals surface area contributed by atoms with Gasteiger partial charge in [-0.25, -0.2) is 9.97 Å². The maximum absolute atomic E-state index is 10.4. The highest BCUT2D eigenvalue weighted by molar-refractivity contribution is 5.87. The highest BCUT2D eigenvalue weighted by Gasteiger charge is 2.44. The van der Waals surface area contributed by atoms with Gasteiger partial charge >= 0.3 is 0 Å². The minimum atomic E-state index is -1.29. The summed E-state index contributed by atoms with van der Waals surface area (Å²) in [5, 5.41) is 39.9. The fourth-order valence-corrected chi connectivity index (χ4v) is 3.17. The molecule has 0 spiro atoms. The van der Waals surface area contributed by atoms with E-state index >= 15 is 0 Å². The fraction of sp³-hybridized carbons (Fsp3) is 0.278. The highest BCUT2D eigenvalue weighted by atomic mass is 16.6. The molecule has 4 rings (SSSR count). The van der Waals surface area contributed by atoms with Gasteiger partial charge in [-0.1, -0.05) is 30.3 Å². The maximum atomic E-state index is 10.4. The topological polar surface area (TPSA) is 160 Å². The second kappa shape index (κ2) is 7.17. The molecule has 1 aromatic carbocycles. The summed E-state index contributed by atoms with van der Waals surface area (Å²) in [6.07, 6.45) is -1.69. The third kappa shape index (κ3) is 3.08. The number of aromatic nitrogens is 4. The van der Waals surface area contributed by atoms with Crippen LogP contribution in [0.5, 0.6) is 0 Å². The van der Waals surface area contributed by atoms with E-state index in [0.29, 0.717) is 11.1 Å². The van der Waals surface area contributed by atoms with Gasteiger partial charge in [0.25, 0.3) is 0 Å². The summed E-state index contributed by atoms with van der Waals surface area (Å²) in [5.74, 6) is -0.0874. The molecule has 0 amide bonds. The number of aliphatic hydroxyl groups excluding tert-OH is 4. The average Bonchev–Trinajstić information content (AvgIpc) is 3.23. The second-order valence-corrected chi connectivity index (χ2v) is 6.42. The van der Waals surface area contributed by atoms with Gasteiger partial charge in [-0.05, 0) is 0 Å². The molecule has 0 radical (unpaired) electrons. The van der Waals surface area contributed by atoms with E-state index in [0.717, 1.165) is 0 Å². The molecule has 0 saturated carbocycles. The van der Waals surface area contributed by atoms with Crippen LogP contribution in [0.3, 0.4) is 0 Å². The first-order chi connectivity index (χ1) is 13.5. The summed E-state index contributed by atoms with van der Waals surface area (Å²) in [4.78, 5) is 12.5. The van der Waals surface area contributed by atoms with Crippen molar-refractivity contribution in [2.45, 2.75) is 24.5 Å². The van der Waals surface area contributed by atoms with Gasteiger partial charge in [0.1, 0.15) is 35.3 Å². The monoisotopic (exact) mass is 385 g/mol. The van der Waals surface area contributed by atoms with Gasteiger partial charge in [-0.3, -0.25) is 4.57 Å². The fourth-order valence-electron chi connectivity index (χ4n) is 3.17. The molecule has 1 aliphatic heterocycles. The Hall–Kier alpha value is -3.05. The summed E-state index contributed by atoms with van der Waals surface area (Å²) in [7, 11) is 0. The molecule has 10 nitrogen and oxygen atoms in total. The van der Waals surface area contributed by atoms with Gasteiger partial charge in [0.05, 0.1) is 12.9 Å². The zero-order chi connectivity index (χ0) is 19.8. The summed E-state index contributed by atoms with van der Waals surface area (Å²) < 4.78 is 6.94. The lowest BCUT2D eigenvalue weighted by atomic mass is 10.1. The van der Waals surface area contributed by atoms with Crippen molar-refractivity contribution in [3.63, 3.8) is 0 Å². The van der Waals surface area contributed by atoms with Gasteiger partial charge in [0.2, 0.25) is 5.95 Å². The number of hydrogen-bond acceptors (Lipinski definition) is 9. The molecule has 1 aliphatic rings. The van der Waals surface area contributed by atoms with Crippen LogP contribution >= 0.6 is 0 Å². The third-order valence-electron chi connectivity index (χ3n) is 4.60. The molecule has 10 heteroatoms. The first kappa shape index (κ1) is 18.3. The molecule has 28 heavy (non-hydrogen) atoms. The van der Waals surface area contributed by atoms with Gasteiger partial charge in [-0.2, -0.15) is 4.98 Å². The van der Waals surface area contributed by atoms with Crippen LogP contribution in [-0.2, 0) is 4.74 Å². The zero-order valence-electron chi connectivity index (χ0n) is 14.6. The maximum Gasteiger partial charge on any atom is 0.222 e. The Bertz CT molecular complexity index is 1020. The number of benzene rings is 1. The van der Waals surface area contributed by atoms with Gasteiger partial charge in [0, 0.05) is 11.6 Å². The molecule has 4 unspecified atom stereocenters. The lowest BCUT2D eigenvalue weighted by Crippen LogP contribution is -2.33. The van der Waals surface area contributed by atoms with Crippen molar-refractivity contribution in [3.05, 3.63) is 47.9 Å². The lowest BCUT2D eigenvalue weighted by Gasteiger charge is -2.16. The second-order valence-electron chi connectivity index (χ2n) is 6.42. The van der Waals surface area contributed by atoms with Crippen LogP contribution in [0, 0.1) is 0 Å². The minimum absolute atomic E-state index is 0.0255. The first-order valence-corrected chi connectivity index (χ1v) is 8.58. The molecule has 3 aromatic rings. The van der Waals surface area contributed by atoms with Crippen LogP contribution in [0.4, 0.5) is 5.95 Å². The number of nitrogens with two attached hydrogens (primary N) is 1. The van der Waals surface area contributed by atoms with Crippen LogP contribution in [0.1, 0.15) is 17.5 Å². The van der Waals surface area contributed by atoms with E-state index in [1.54, 1.807) is 24.3 Å². The molecular weight excluding hydrogens is 366 g/mol. The van der Waals surface area contributed by atoms with Crippen molar-refractivity contribution in [3.8, 4) is 0 Å². The zero-order valence-corrected chi connectivity index (χ0v) is 14.6. The Morgan fingerprint density at radius 2 is 1.93 bits per heavy atom. The predicted octanol–water partition coefficient (Wildman–Crippen LogP) is 0.0761. The molecular formula is C18H19N5O5. The SMILES string of the molecule is Nc1nc(C=C(O)c2ccccc2)c2ncn(C3OC(CO)C(O)C3O)c2n1. The smallest absolute Gasteiger partial charge is 0.222 e. The minimum Gasteiger partial charge on any atom is -0.507 e. The van der Waals surface area contributed by atoms with Crippen molar-refractivity contribution < 1.29 is 25.2 Å². The number of aliphatic hydroxyl groups is 4. The van der Waals surface area contributed by atoms with Crippen molar-refractivity contribution in [1.29, 1.82) is 0 Å². The Labute approximate surface area is 159 Å². The summed E-state index contributed by atoms with van der Waals surface area (Å²) in [6, 6.07) is 8.90. The summed E-state index contributed by atoms with van der Waals surface area (Å²) >= 11 is 0. The van der Waals surface area contributed by atoms with E-state index in [2.05, 4.69) is 15.0 Å². The molecule has 1 saturated heterocycles. The summed E-state index contributed by atoms with van der Waals surface area (Å²) in [5.41, 5.74) is 7.28. The third-order valence-corrected chi connectivity index (χ3v) is 4.60. The Morgan fingerprint density at radius 1 is 1.18 bits per heavy atom. The molecule has 0 bridgehead atoms. The van der Waals surface area contributed by atoms with Crippen molar-refractivity contribution >= 4 is 28.9 Å². The number of fused-ring (bicyclic) bond motifs is 1. The Balaban J connectivity index is 1.78. The van der Waals surface area contributed by atoms with Crippen LogP contribution in [0.25, 0.3) is 23.0 Å². The number of ether oxygens (including phenoxy) is 1. The largest absolute Gasteiger partial charge is 0.507 e. The molecule has 146 valence electrons. The molecule has 4 atom stereocenters. The van der Waals surface area contributed by atoms with Gasteiger partial charge in [0.15, 0.2) is 11.9 Å². The van der Waals surface area contributed by atoms with E-state index in [9.17, 15) is 20.4 Å². The number of anilines is 1. The van der Waals surface area contributed by atoms with E-state index < -0.39 is 31.1 Å². The normalized spacial score (nSPS) is 25.5. The average molecular weight is 385 g/mol. The van der Waals surface area contributed by atoms with Crippen LogP contribution in [0.2, 0.25) is 0 Å². The predicted molar refractivity (Wildman–Crippen MR) is 99.7 cm³/mol. The highest BCUT2D eigenvalue weighted by Crippen LogP contribution is 2.32. The summed E-state index contributed by atoms with van der Waals surface area (Å²) in [6.45, 7) is -0.447. The Morgan fingerprint density at radius 3 is 2.61 bits per heavy atom. The molecule has 6 N–H and O–H groups in total. The van der Waals surface area contributed by atoms with Gasteiger partial charge < -0.3 is 30.9 Å². The standard InChI is InChI=1S/C18H19N5O5/c19-18-21-10(6-11(25)9-4-2-1-3-5-9)13-16(22-18)23(8-20-13)17-15(27)14(26)12(7-24)28-17/h1-6,8,12,14-15,17,24-27H,7H2,(H2,19,21,22). The van der Waals surface area contributed by atoms with Crippen LogP contribution < -0.4 is 5.73 Å². The first-order valence-electron chi connectivity index (χ1n) is 8.58. The van der Waals surface area contributed by atoms with Crippen molar-refractivity contribution in [2.75, 3.05) is 12.3 Å². The quantitative estimate of drug-likeness (QED) is 0.392. The molecule has 0 aliphatic carbocycles. The van der Waals surface area contributed by atoms with E-state index in [4.69, 9.17) is 10.5 Å². The van der Waals surface area contributed by atoms with E-state index in [1.165, 1.54) is 17.0 Å². The number of nitrogens with zero attached hydrogens (tertiary/aromatic N) is 4. The number of rotatable bonds is 4. The number of imidazole rings is 1. The molecule has 3 heterocycles.